The molecule has 1 aromatic rings. The Hall–Kier alpha value is -5.50. The van der Waals surface area contributed by atoms with Crippen LogP contribution in [0.5, 0.6) is 0 Å². The Morgan fingerprint density at radius 2 is 0.711 bits per heavy atom. The van der Waals surface area contributed by atoms with Gasteiger partial charge in [0.1, 0.15) is 57.5 Å². The molecule has 1 saturated heterocycles. The van der Waals surface area contributed by atoms with Crippen LogP contribution >= 0.6 is 75.8 Å². The second-order valence-corrected chi connectivity index (χ2v) is 21.9. The fourth-order valence-electron chi connectivity index (χ4n) is 6.50. The lowest BCUT2D eigenvalue weighted by molar-refractivity contribution is -0.170. The van der Waals surface area contributed by atoms with E-state index in [1.807, 2.05) is 13.8 Å². The molecule has 1 aliphatic heterocycles. The summed E-state index contributed by atoms with van der Waals surface area (Å²) >= 11 is 24.2. The van der Waals surface area contributed by atoms with Gasteiger partial charge in [-0.05, 0) is 5.92 Å². The van der Waals surface area contributed by atoms with Gasteiger partial charge in [0.05, 0.1) is 77.8 Å². The molecule has 83 heavy (non-hydrogen) atoms. The molecule has 1 aromatic heterocycles. The Morgan fingerprint density at radius 1 is 0.446 bits per heavy atom. The number of imide groups is 1. The molecule has 31 heteroatoms. The van der Waals surface area contributed by atoms with Crippen LogP contribution in [-0.4, -0.2) is 182 Å². The standard InChI is InChI=1S/C23H37N3O8S2.C17H28O8S4.C12H15N3O3/c1-15(2)12-19(27)32-9-6-24-18(5)25(7-10-33-20(28)13-16(3)35)23(31)26(22(24)30)8-11-34-21(29)14-17(4)36;18-13(1-5-26)22-9-17(10-23-14(19)2-6-27,11-24-15(20)3-7-28)12-25-16(21)4-8-29;1-4-7-13-10(16)14(8-5-2)12(18)15(9-6-3)11(13)17/h15-17,35-36H,5-14H2,1-4H3;26-29H,1-12H2;4-6H,1-3,7-9H2. The molecule has 4 amide bonds. The Morgan fingerprint density at radius 3 is 0.952 bits per heavy atom. The lowest BCUT2D eigenvalue weighted by atomic mass is 9.92. The summed E-state index contributed by atoms with van der Waals surface area (Å²) in [6.45, 7) is 19.8. The second kappa shape index (κ2) is 43.2. The highest BCUT2D eigenvalue weighted by Crippen LogP contribution is 2.24. The summed E-state index contributed by atoms with van der Waals surface area (Å²) in [5.74, 6) is -2.18. The minimum Gasteiger partial charge on any atom is -0.465 e. The topological polar surface area (TPSA) is 294 Å². The first-order chi connectivity index (χ1) is 39.2. The zero-order valence-electron chi connectivity index (χ0n) is 47.4. The Balaban J connectivity index is 0.00000128. The number of amides is 4. The van der Waals surface area contributed by atoms with Gasteiger partial charge in [0, 0.05) is 39.9 Å². The SMILES string of the molecule is C=C1N(CCOC(=O)CC(C)C)C(=O)N(CCOC(=O)CC(C)S)C(=O)N1CCOC(=O)CC(C)S.C=CCn1c(=O)n(CC=C)c(=O)n(CC=C)c1=O.O=C(CCS)OCC(COC(=O)CCS)(COC(=O)CCS)COC(=O)CCS. The highest BCUT2D eigenvalue weighted by Gasteiger charge is 2.41. The third-order valence-electron chi connectivity index (χ3n) is 10.5. The van der Waals surface area contributed by atoms with Crippen LogP contribution in [0.4, 0.5) is 9.59 Å². The van der Waals surface area contributed by atoms with Gasteiger partial charge in [-0.2, -0.15) is 75.8 Å². The first kappa shape index (κ1) is 77.5. The monoisotopic (exact) mass is 1280 g/mol. The maximum absolute atomic E-state index is 13.1. The highest BCUT2D eigenvalue weighted by atomic mass is 32.1. The number of thiol groups is 6. The van der Waals surface area contributed by atoms with E-state index in [9.17, 15) is 57.5 Å². The van der Waals surface area contributed by atoms with Gasteiger partial charge < -0.3 is 33.2 Å². The summed E-state index contributed by atoms with van der Waals surface area (Å²) in [6.07, 6.45) is 4.95. The van der Waals surface area contributed by atoms with Gasteiger partial charge in [-0.1, -0.05) is 52.5 Å². The number of aromatic nitrogens is 3. The number of carbonyl (C=O) groups excluding carboxylic acids is 9. The number of hydrogen-bond donors (Lipinski definition) is 6. The molecular weight excluding hydrogens is 1200 g/mol. The number of carbonyl (C=O) groups is 9. The second-order valence-electron chi connectivity index (χ2n) is 18.4. The number of hydrogen-bond acceptors (Lipinski definition) is 25. The molecule has 468 valence electrons. The van der Waals surface area contributed by atoms with Crippen molar-refractivity contribution in [3.8, 4) is 0 Å². The van der Waals surface area contributed by atoms with E-state index in [0.717, 1.165) is 18.6 Å². The molecule has 1 fully saturated rings. The molecule has 2 heterocycles. The van der Waals surface area contributed by atoms with E-state index in [2.05, 4.69) is 102 Å². The Labute approximate surface area is 516 Å². The van der Waals surface area contributed by atoms with Crippen molar-refractivity contribution in [1.29, 1.82) is 0 Å². The van der Waals surface area contributed by atoms with E-state index < -0.39 is 76.3 Å². The van der Waals surface area contributed by atoms with E-state index in [1.54, 1.807) is 13.8 Å². The van der Waals surface area contributed by atoms with Crippen LogP contribution in [-0.2, 0) is 86.4 Å². The average molecular weight is 1290 g/mol. The summed E-state index contributed by atoms with van der Waals surface area (Å²) in [7, 11) is 0. The van der Waals surface area contributed by atoms with Crippen LogP contribution in [0.15, 0.2) is 64.7 Å². The van der Waals surface area contributed by atoms with Crippen molar-refractivity contribution in [1.82, 2.24) is 28.4 Å². The van der Waals surface area contributed by atoms with Crippen LogP contribution in [0, 0.1) is 11.3 Å². The number of esters is 7. The highest BCUT2D eigenvalue weighted by molar-refractivity contribution is 7.81. The van der Waals surface area contributed by atoms with Crippen molar-refractivity contribution >= 4 is 130 Å². The van der Waals surface area contributed by atoms with Gasteiger partial charge in [0.25, 0.3) is 0 Å². The summed E-state index contributed by atoms with van der Waals surface area (Å²) in [5, 5.41) is -0.379. The minimum atomic E-state index is -1.25. The van der Waals surface area contributed by atoms with Crippen LogP contribution < -0.4 is 17.1 Å². The van der Waals surface area contributed by atoms with Crippen LogP contribution in [0.1, 0.15) is 72.6 Å². The maximum atomic E-state index is 13.1. The van der Waals surface area contributed by atoms with Gasteiger partial charge in [-0.15, -0.1) is 19.7 Å². The van der Waals surface area contributed by atoms with Crippen molar-refractivity contribution in [2.24, 2.45) is 11.3 Å². The molecule has 0 aromatic carbocycles. The number of nitrogens with zero attached hydrogens (tertiary/aromatic N) is 6. The van der Waals surface area contributed by atoms with E-state index in [0.29, 0.717) is 0 Å². The summed E-state index contributed by atoms with van der Waals surface area (Å²) in [4.78, 5) is 148. The number of urea groups is 2. The Bertz CT molecular complexity index is 2200. The van der Waals surface area contributed by atoms with E-state index in [4.69, 9.17) is 33.2 Å². The fraction of sp³-hybridized carbons (Fsp3) is 0.615. The van der Waals surface area contributed by atoms with Crippen molar-refractivity contribution < 1.29 is 76.3 Å². The number of allylic oxidation sites excluding steroid dienone is 3. The largest absolute Gasteiger partial charge is 0.465 e. The first-order valence-corrected chi connectivity index (χ1v) is 29.5. The van der Waals surface area contributed by atoms with E-state index in [-0.39, 0.29) is 176 Å². The van der Waals surface area contributed by atoms with Gasteiger partial charge in [-0.3, -0.25) is 43.4 Å². The van der Waals surface area contributed by atoms with Crippen molar-refractivity contribution in [2.45, 2.75) is 103 Å². The zero-order valence-corrected chi connectivity index (χ0v) is 52.8. The molecule has 0 bridgehead atoms. The zero-order chi connectivity index (χ0) is 63.2. The quantitative estimate of drug-likeness (QED) is 0.0239. The Kier molecular flexibility index (Phi) is 40.3. The smallest absolute Gasteiger partial charge is 0.336 e. The molecule has 0 spiro atoms. The normalized spacial score (nSPS) is 12.8. The van der Waals surface area contributed by atoms with Gasteiger partial charge in [0.2, 0.25) is 0 Å². The molecule has 0 radical (unpaired) electrons. The van der Waals surface area contributed by atoms with Gasteiger partial charge >= 0.3 is 70.9 Å². The number of ether oxygens (including phenoxy) is 7. The van der Waals surface area contributed by atoms with Crippen molar-refractivity contribution in [3.05, 3.63) is 81.8 Å². The molecule has 2 unspecified atom stereocenters. The fourth-order valence-corrected chi connectivity index (χ4v) is 7.53. The molecule has 0 saturated carbocycles. The van der Waals surface area contributed by atoms with Gasteiger partial charge in [0.15, 0.2) is 0 Å². The summed E-state index contributed by atoms with van der Waals surface area (Å²) in [6, 6.07) is -1.39. The lowest BCUT2D eigenvalue weighted by Crippen LogP contribution is -2.60. The average Bonchev–Trinajstić information content (AvgIpc) is 3.61. The third-order valence-corrected chi connectivity index (χ3v) is 11.8. The predicted octanol–water partition coefficient (Wildman–Crippen LogP) is 3.86. The predicted molar refractivity (Wildman–Crippen MR) is 328 cm³/mol. The van der Waals surface area contributed by atoms with Gasteiger partial charge in [-0.25, -0.2) is 42.6 Å². The molecular formula is C52H80N6O19S6. The first-order valence-electron chi connectivity index (χ1n) is 26.0. The van der Waals surface area contributed by atoms with E-state index in [1.165, 1.54) is 28.0 Å². The summed E-state index contributed by atoms with van der Waals surface area (Å²) < 4.78 is 39.2. The maximum Gasteiger partial charge on any atom is 0.336 e. The van der Waals surface area contributed by atoms with Crippen LogP contribution in [0.25, 0.3) is 0 Å². The lowest BCUT2D eigenvalue weighted by Gasteiger charge is -2.42. The molecule has 0 aliphatic carbocycles. The van der Waals surface area contributed by atoms with E-state index >= 15 is 0 Å². The van der Waals surface area contributed by atoms with Crippen molar-refractivity contribution in [3.63, 3.8) is 0 Å². The molecule has 0 N–H and O–H groups in total. The van der Waals surface area contributed by atoms with Crippen LogP contribution in [0.2, 0.25) is 0 Å². The molecule has 2 atom stereocenters. The molecule has 2 rings (SSSR count). The number of rotatable bonds is 37. The molecule has 1 aliphatic rings. The summed E-state index contributed by atoms with van der Waals surface area (Å²) in [5.41, 5.74) is -3.24. The van der Waals surface area contributed by atoms with Crippen molar-refractivity contribution in [2.75, 3.05) is 88.9 Å². The minimum absolute atomic E-state index is 0.0459. The van der Waals surface area contributed by atoms with Crippen LogP contribution in [0.3, 0.4) is 0 Å². The molecule has 25 nitrogen and oxygen atoms in total. The third kappa shape index (κ3) is 30.8.